The third-order valence-corrected chi connectivity index (χ3v) is 4.62. The first-order valence-corrected chi connectivity index (χ1v) is 8.35. The fourth-order valence-electron chi connectivity index (χ4n) is 2.74. The quantitative estimate of drug-likeness (QED) is 0.645. The molecule has 16 heavy (non-hydrogen) atoms. The third kappa shape index (κ3) is 5.58. The van der Waals surface area contributed by atoms with E-state index in [4.69, 9.17) is 0 Å². The van der Waals surface area contributed by atoms with Crippen molar-refractivity contribution in [1.82, 2.24) is 5.32 Å². The van der Waals surface area contributed by atoms with Crippen molar-refractivity contribution in [3.8, 4) is 0 Å². The van der Waals surface area contributed by atoms with E-state index in [0.29, 0.717) is 0 Å². The van der Waals surface area contributed by atoms with E-state index in [1.807, 2.05) is 0 Å². The van der Waals surface area contributed by atoms with Gasteiger partial charge in [-0.3, -0.25) is 0 Å². The van der Waals surface area contributed by atoms with Crippen molar-refractivity contribution in [3.05, 3.63) is 0 Å². The Hall–Kier alpha value is 0.310. The third-order valence-electron chi connectivity index (χ3n) is 3.63. The first-order valence-electron chi connectivity index (χ1n) is 7.19. The predicted octanol–water partition coefficient (Wildman–Crippen LogP) is 4.08. The highest BCUT2D eigenvalue weighted by Crippen LogP contribution is 2.28. The molecule has 0 heterocycles. The number of nitrogens with one attached hydrogen (secondary N) is 1. The normalized spacial score (nSPS) is 25.9. The largest absolute Gasteiger partial charge is 0.314 e. The molecule has 0 aliphatic heterocycles. The average molecular weight is 243 g/mol. The average Bonchev–Trinajstić information content (AvgIpc) is 2.33. The topological polar surface area (TPSA) is 12.0 Å². The molecule has 0 saturated heterocycles. The van der Waals surface area contributed by atoms with Gasteiger partial charge in [0, 0.05) is 6.04 Å². The van der Waals surface area contributed by atoms with E-state index in [-0.39, 0.29) is 0 Å². The molecule has 0 radical (unpaired) electrons. The molecular formula is C14H29NS. The Labute approximate surface area is 106 Å². The maximum atomic E-state index is 3.76. The Morgan fingerprint density at radius 1 is 1.19 bits per heavy atom. The maximum absolute atomic E-state index is 3.76. The maximum Gasteiger partial charge on any atom is 0.00953 e. The fourth-order valence-corrected chi connectivity index (χ4v) is 3.40. The molecule has 1 N–H and O–H groups in total. The Balaban J connectivity index is 2.18. The minimum Gasteiger partial charge on any atom is -0.314 e. The van der Waals surface area contributed by atoms with Gasteiger partial charge in [-0.05, 0) is 56.1 Å². The van der Waals surface area contributed by atoms with Crippen molar-refractivity contribution in [2.45, 2.75) is 64.8 Å². The Kier molecular flexibility index (Phi) is 8.40. The Bertz CT molecular complexity index is 161. The molecule has 0 aromatic rings. The van der Waals surface area contributed by atoms with Crippen molar-refractivity contribution >= 4 is 11.8 Å². The van der Waals surface area contributed by atoms with Crippen LogP contribution in [0.5, 0.6) is 0 Å². The second-order valence-corrected chi connectivity index (χ2v) is 6.34. The Morgan fingerprint density at radius 3 is 2.75 bits per heavy atom. The molecular weight excluding hydrogens is 214 g/mol. The lowest BCUT2D eigenvalue weighted by molar-refractivity contribution is 0.249. The molecule has 0 bridgehead atoms. The van der Waals surface area contributed by atoms with E-state index in [1.54, 1.807) is 0 Å². The van der Waals surface area contributed by atoms with Gasteiger partial charge >= 0.3 is 0 Å². The number of hydrogen-bond acceptors (Lipinski definition) is 2. The lowest BCUT2D eigenvalue weighted by atomic mass is 9.82. The lowest BCUT2D eigenvalue weighted by Crippen LogP contribution is -2.38. The van der Waals surface area contributed by atoms with Crippen molar-refractivity contribution in [2.75, 3.05) is 18.1 Å². The van der Waals surface area contributed by atoms with E-state index in [9.17, 15) is 0 Å². The number of rotatable bonds is 8. The summed E-state index contributed by atoms with van der Waals surface area (Å²) < 4.78 is 0. The molecule has 0 aromatic heterocycles. The van der Waals surface area contributed by atoms with Crippen LogP contribution in [0.4, 0.5) is 0 Å². The van der Waals surface area contributed by atoms with Gasteiger partial charge in [-0.15, -0.1) is 0 Å². The lowest BCUT2D eigenvalue weighted by Gasteiger charge is -2.32. The van der Waals surface area contributed by atoms with Crippen LogP contribution in [-0.2, 0) is 0 Å². The van der Waals surface area contributed by atoms with E-state index >= 15 is 0 Å². The van der Waals surface area contributed by atoms with Gasteiger partial charge in [-0.25, -0.2) is 0 Å². The molecule has 1 rings (SSSR count). The van der Waals surface area contributed by atoms with Crippen LogP contribution >= 0.6 is 11.8 Å². The van der Waals surface area contributed by atoms with Gasteiger partial charge in [-0.1, -0.05) is 26.7 Å². The Morgan fingerprint density at radius 2 is 2.00 bits per heavy atom. The summed E-state index contributed by atoms with van der Waals surface area (Å²) >= 11 is 2.10. The van der Waals surface area contributed by atoms with Crippen LogP contribution in [0.1, 0.15) is 58.8 Å². The summed E-state index contributed by atoms with van der Waals surface area (Å²) in [4.78, 5) is 0. The molecule has 1 fully saturated rings. The molecule has 2 unspecified atom stereocenters. The van der Waals surface area contributed by atoms with Crippen LogP contribution in [-0.4, -0.2) is 24.1 Å². The summed E-state index contributed by atoms with van der Waals surface area (Å²) in [7, 11) is 0. The zero-order valence-electron chi connectivity index (χ0n) is 11.1. The first kappa shape index (κ1) is 14.4. The molecule has 1 aliphatic rings. The molecule has 96 valence electrons. The zero-order valence-corrected chi connectivity index (χ0v) is 12.0. The van der Waals surface area contributed by atoms with Crippen LogP contribution in [0.3, 0.4) is 0 Å². The molecule has 0 spiro atoms. The first-order chi connectivity index (χ1) is 7.88. The van der Waals surface area contributed by atoms with Crippen molar-refractivity contribution in [1.29, 1.82) is 0 Å². The molecule has 2 heteroatoms. The van der Waals surface area contributed by atoms with Crippen molar-refractivity contribution < 1.29 is 0 Å². The van der Waals surface area contributed by atoms with Crippen molar-refractivity contribution in [3.63, 3.8) is 0 Å². The standard InChI is InChI=1S/C14H29NS/c1-3-11-15-14-10-6-5-8-13(14)9-7-12-16-4-2/h13-15H,3-12H2,1-2H3. The highest BCUT2D eigenvalue weighted by atomic mass is 32.2. The van der Waals surface area contributed by atoms with Gasteiger partial charge < -0.3 is 5.32 Å². The monoisotopic (exact) mass is 243 g/mol. The summed E-state index contributed by atoms with van der Waals surface area (Å²) in [6, 6.07) is 0.834. The van der Waals surface area contributed by atoms with Gasteiger partial charge in [0.25, 0.3) is 0 Å². The number of hydrogen-bond donors (Lipinski definition) is 1. The van der Waals surface area contributed by atoms with Crippen LogP contribution in [0.2, 0.25) is 0 Å². The highest BCUT2D eigenvalue weighted by Gasteiger charge is 2.23. The molecule has 0 amide bonds. The minimum absolute atomic E-state index is 0.834. The molecule has 1 saturated carbocycles. The van der Waals surface area contributed by atoms with Crippen LogP contribution in [0.15, 0.2) is 0 Å². The van der Waals surface area contributed by atoms with E-state index < -0.39 is 0 Å². The van der Waals surface area contributed by atoms with Gasteiger partial charge in [0.2, 0.25) is 0 Å². The van der Waals surface area contributed by atoms with Gasteiger partial charge in [0.05, 0.1) is 0 Å². The molecule has 2 atom stereocenters. The fraction of sp³-hybridized carbons (Fsp3) is 1.00. The second-order valence-electron chi connectivity index (χ2n) is 4.94. The summed E-state index contributed by atoms with van der Waals surface area (Å²) in [6.45, 7) is 5.74. The summed E-state index contributed by atoms with van der Waals surface area (Å²) in [5.41, 5.74) is 0. The van der Waals surface area contributed by atoms with E-state index in [0.717, 1.165) is 12.0 Å². The van der Waals surface area contributed by atoms with Crippen LogP contribution in [0.25, 0.3) is 0 Å². The van der Waals surface area contributed by atoms with Gasteiger partial charge in [-0.2, -0.15) is 11.8 Å². The van der Waals surface area contributed by atoms with Gasteiger partial charge in [0.1, 0.15) is 0 Å². The van der Waals surface area contributed by atoms with Crippen LogP contribution in [0, 0.1) is 5.92 Å². The molecule has 1 nitrogen and oxygen atoms in total. The molecule has 0 aromatic carbocycles. The van der Waals surface area contributed by atoms with E-state index in [2.05, 4.69) is 30.9 Å². The summed E-state index contributed by atoms with van der Waals surface area (Å²) in [5.74, 6) is 3.62. The van der Waals surface area contributed by atoms with Crippen molar-refractivity contribution in [2.24, 2.45) is 5.92 Å². The zero-order chi connectivity index (χ0) is 11.6. The second kappa shape index (κ2) is 9.35. The predicted molar refractivity (Wildman–Crippen MR) is 76.3 cm³/mol. The summed E-state index contributed by atoms with van der Waals surface area (Å²) in [5, 5.41) is 3.76. The SMILES string of the molecule is CCCNC1CCCCC1CCCSCC. The van der Waals surface area contributed by atoms with E-state index in [1.165, 1.54) is 63.0 Å². The molecule has 1 aliphatic carbocycles. The summed E-state index contributed by atoms with van der Waals surface area (Å²) in [6.07, 6.45) is 9.96. The number of thioether (sulfide) groups is 1. The minimum atomic E-state index is 0.834. The van der Waals surface area contributed by atoms with Gasteiger partial charge in [0.15, 0.2) is 0 Å². The van der Waals surface area contributed by atoms with Crippen LogP contribution < -0.4 is 5.32 Å². The highest BCUT2D eigenvalue weighted by molar-refractivity contribution is 7.99. The smallest absolute Gasteiger partial charge is 0.00953 e.